The van der Waals surface area contributed by atoms with Crippen molar-refractivity contribution in [2.75, 3.05) is 39.6 Å². The van der Waals surface area contributed by atoms with E-state index in [0.717, 1.165) is 173 Å². The minimum atomic E-state index is -4.93. The number of hydrogen-bond acceptors (Lipinski definition) is 14. The van der Waals surface area contributed by atoms with Gasteiger partial charge in [-0.1, -0.05) is 308 Å². The molecular weight excluding hydrogens is 1310 g/mol. The van der Waals surface area contributed by atoms with Gasteiger partial charge in [0.2, 0.25) is 0 Å². The van der Waals surface area contributed by atoms with Crippen LogP contribution in [-0.2, 0) is 55.8 Å². The second-order valence-corrected chi connectivity index (χ2v) is 28.7. The van der Waals surface area contributed by atoms with E-state index >= 15 is 0 Å². The normalized spacial score (nSPS) is 14.8. The maximum absolute atomic E-state index is 12.9. The summed E-state index contributed by atoms with van der Waals surface area (Å²) in [7, 11) is -9.79. The van der Waals surface area contributed by atoms with Gasteiger partial charge in [0.15, 0.2) is 6.10 Å². The van der Waals surface area contributed by atoms with Crippen LogP contribution in [0.1, 0.15) is 303 Å². The Morgan fingerprint density at radius 1 is 0.287 bits per heavy atom. The van der Waals surface area contributed by atoms with Gasteiger partial charge in [0.1, 0.15) is 25.4 Å². The molecule has 0 rings (SSSR count). The number of phosphoric acid groups is 2. The quantitative estimate of drug-likeness (QED) is 0.0146. The molecule has 16 nitrogen and oxygen atoms in total. The second-order valence-electron chi connectivity index (χ2n) is 25.8. The van der Waals surface area contributed by atoms with Gasteiger partial charge in [-0.3, -0.25) is 32.5 Å². The molecule has 0 fully saturated rings. The molecular formula is C83H140O16P2. The van der Waals surface area contributed by atoms with Crippen LogP contribution < -0.4 is 0 Å². The van der Waals surface area contributed by atoms with E-state index in [2.05, 4.69) is 167 Å². The molecule has 0 heterocycles. The predicted octanol–water partition coefficient (Wildman–Crippen LogP) is 22.9. The van der Waals surface area contributed by atoms with Crippen molar-refractivity contribution in [3.8, 4) is 0 Å². The zero-order chi connectivity index (χ0) is 73.7. The van der Waals surface area contributed by atoms with Crippen molar-refractivity contribution >= 4 is 33.6 Å². The van der Waals surface area contributed by atoms with E-state index in [9.17, 15) is 43.5 Å². The van der Waals surface area contributed by atoms with Crippen LogP contribution in [0.2, 0.25) is 0 Å². The fourth-order valence-electron chi connectivity index (χ4n) is 10.2. The molecule has 0 aliphatic rings. The minimum absolute atomic E-state index is 0.100. The highest BCUT2D eigenvalue weighted by molar-refractivity contribution is 7.47. The number of esters is 3. The summed E-state index contributed by atoms with van der Waals surface area (Å²) in [6.07, 6.45) is 91.9. The number of carbonyl (C=O) groups is 3. The third kappa shape index (κ3) is 76.4. The topological polar surface area (TPSA) is 231 Å². The maximum Gasteiger partial charge on any atom is 0.472 e. The molecule has 4 N–H and O–H groups in total. The first-order valence-electron chi connectivity index (χ1n) is 39.1. The zero-order valence-electron chi connectivity index (χ0n) is 63.0. The Morgan fingerprint density at radius 3 is 0.832 bits per heavy atom. The van der Waals surface area contributed by atoms with Crippen molar-refractivity contribution in [1.29, 1.82) is 0 Å². The van der Waals surface area contributed by atoms with Crippen molar-refractivity contribution < 1.29 is 75.8 Å². The Morgan fingerprint density at radius 2 is 0.525 bits per heavy atom. The summed E-state index contributed by atoms with van der Waals surface area (Å²) < 4.78 is 61.0. The maximum atomic E-state index is 12.9. The zero-order valence-corrected chi connectivity index (χ0v) is 64.8. The number of unbranched alkanes of at least 4 members (excludes halogenated alkanes) is 26. The van der Waals surface area contributed by atoms with Gasteiger partial charge in [-0.25, -0.2) is 9.13 Å². The molecule has 0 spiro atoms. The largest absolute Gasteiger partial charge is 0.472 e. The van der Waals surface area contributed by atoms with E-state index in [-0.39, 0.29) is 19.3 Å². The van der Waals surface area contributed by atoms with Gasteiger partial charge < -0.3 is 34.2 Å². The Bertz CT molecular complexity index is 2420. The second kappa shape index (κ2) is 75.1. The number of phosphoric ester groups is 2. The fourth-order valence-corrected chi connectivity index (χ4v) is 11.8. The standard InChI is InChI=1S/C83H140O16P2/c1-4-7-10-13-16-19-22-24-26-28-30-32-34-36-37-38-39-41-43-44-46-48-50-52-55-57-60-63-66-69-81(86)93-72-78(84)73-95-100(89,90)96-74-79(85)75-97-101(91,92)98-77-80(99-83(88)71-68-65-62-59-54-21-18-15-12-9-6-3)76-94-82(87)70-67-64-61-58-56-53-51-49-47-45-42-40-35-33-31-29-27-25-23-20-17-14-11-8-5-2/h7-8,10-11,16-17,19-20,24-27,30-33,36-37,39-42,47,49,78-80,84-85H,4-6,9,12-15,18,21-23,28-29,34-35,38,43-46,48,50-77H2,1-3H3,(H,89,90)(H,91,92)/b10-7-,11-8-,19-16-,20-17-,26-24-,27-25-,32-30-,33-31-,37-36-,41-39-,42-40-,49-47-. The highest BCUT2D eigenvalue weighted by Gasteiger charge is 2.29. The van der Waals surface area contributed by atoms with Crippen molar-refractivity contribution in [2.24, 2.45) is 0 Å². The van der Waals surface area contributed by atoms with E-state index in [1.165, 1.54) is 70.6 Å². The van der Waals surface area contributed by atoms with Gasteiger partial charge in [0, 0.05) is 19.3 Å². The SMILES string of the molecule is CC/C=C\C/C=C\C/C=C\C/C=C\C/C=C\C/C=C\CCCCCCCCCCCCC(=O)OCC(O)COP(=O)(O)OCC(O)COP(=O)(O)OCC(COC(=O)CCCCCCCC/C=C\C/C=C\C/C=C\C/C=C\C/C=C\C/C=C\CC)OC(=O)CCCCCCCCCCCCC. The molecule has 0 saturated heterocycles. The number of ether oxygens (including phenoxy) is 3. The van der Waals surface area contributed by atoms with Crippen LogP contribution in [0.3, 0.4) is 0 Å². The van der Waals surface area contributed by atoms with Gasteiger partial charge >= 0.3 is 33.6 Å². The summed E-state index contributed by atoms with van der Waals surface area (Å²) in [4.78, 5) is 58.5. The first-order chi connectivity index (χ1) is 49.2. The fraction of sp³-hybridized carbons (Fsp3) is 0.675. The lowest BCUT2D eigenvalue weighted by Crippen LogP contribution is -2.30. The molecule has 0 amide bonds. The lowest BCUT2D eigenvalue weighted by atomic mass is 10.1. The van der Waals surface area contributed by atoms with Crippen molar-refractivity contribution in [3.63, 3.8) is 0 Å². The summed E-state index contributed by atoms with van der Waals surface area (Å²) in [5, 5.41) is 20.6. The monoisotopic (exact) mass is 1450 g/mol. The van der Waals surface area contributed by atoms with Crippen LogP contribution in [0.15, 0.2) is 146 Å². The highest BCUT2D eigenvalue weighted by Crippen LogP contribution is 2.45. The lowest BCUT2D eigenvalue weighted by Gasteiger charge is -2.21. The summed E-state index contributed by atoms with van der Waals surface area (Å²) in [5.74, 6) is -1.59. The summed E-state index contributed by atoms with van der Waals surface area (Å²) in [5.41, 5.74) is 0. The highest BCUT2D eigenvalue weighted by atomic mass is 31.2. The number of aliphatic hydroxyl groups excluding tert-OH is 2. The summed E-state index contributed by atoms with van der Waals surface area (Å²) >= 11 is 0. The van der Waals surface area contributed by atoms with E-state index in [4.69, 9.17) is 32.3 Å². The molecule has 0 aliphatic carbocycles. The summed E-state index contributed by atoms with van der Waals surface area (Å²) in [6.45, 7) is 2.42. The smallest absolute Gasteiger partial charge is 0.463 e. The van der Waals surface area contributed by atoms with Gasteiger partial charge in [-0.05, 0) is 122 Å². The van der Waals surface area contributed by atoms with E-state index < -0.39 is 91.5 Å². The number of rotatable bonds is 73. The molecule has 5 unspecified atom stereocenters. The summed E-state index contributed by atoms with van der Waals surface area (Å²) in [6, 6.07) is 0. The molecule has 0 aromatic carbocycles. The van der Waals surface area contributed by atoms with Crippen LogP contribution in [-0.4, -0.2) is 95.9 Å². The third-order valence-corrected chi connectivity index (χ3v) is 18.0. The number of aliphatic hydroxyl groups is 2. The molecule has 0 saturated carbocycles. The van der Waals surface area contributed by atoms with Crippen LogP contribution in [0.25, 0.3) is 0 Å². The molecule has 0 aromatic heterocycles. The molecule has 0 bridgehead atoms. The van der Waals surface area contributed by atoms with Crippen molar-refractivity contribution in [1.82, 2.24) is 0 Å². The first kappa shape index (κ1) is 96.4. The van der Waals surface area contributed by atoms with Gasteiger partial charge in [-0.15, -0.1) is 0 Å². The Balaban J connectivity index is 4.49. The predicted molar refractivity (Wildman–Crippen MR) is 417 cm³/mol. The third-order valence-electron chi connectivity index (χ3n) is 16.1. The Hall–Kier alpha value is -4.57. The van der Waals surface area contributed by atoms with Crippen LogP contribution in [0.4, 0.5) is 0 Å². The molecule has 578 valence electrons. The molecule has 0 radical (unpaired) electrons. The Kier molecular flexibility index (Phi) is 71.7. The molecule has 101 heavy (non-hydrogen) atoms. The molecule has 5 atom stereocenters. The van der Waals surface area contributed by atoms with E-state index in [0.29, 0.717) is 19.3 Å². The van der Waals surface area contributed by atoms with Crippen molar-refractivity contribution in [2.45, 2.75) is 322 Å². The average Bonchev–Trinajstić information content (AvgIpc) is 0.946. The van der Waals surface area contributed by atoms with Crippen LogP contribution >= 0.6 is 15.6 Å². The average molecular weight is 1460 g/mol. The lowest BCUT2D eigenvalue weighted by molar-refractivity contribution is -0.161. The molecule has 0 aliphatic heterocycles. The number of allylic oxidation sites excluding steroid dienone is 24. The minimum Gasteiger partial charge on any atom is -0.463 e. The van der Waals surface area contributed by atoms with Crippen molar-refractivity contribution in [3.05, 3.63) is 146 Å². The van der Waals surface area contributed by atoms with Gasteiger partial charge in [-0.2, -0.15) is 0 Å². The first-order valence-corrected chi connectivity index (χ1v) is 42.1. The van der Waals surface area contributed by atoms with E-state index in [1.54, 1.807) is 0 Å². The number of hydrogen-bond donors (Lipinski definition) is 4. The Labute approximate surface area is 613 Å². The molecule has 0 aromatic rings. The van der Waals surface area contributed by atoms with Gasteiger partial charge in [0.25, 0.3) is 0 Å². The number of carbonyl (C=O) groups excluding carboxylic acids is 3. The van der Waals surface area contributed by atoms with Gasteiger partial charge in [0.05, 0.1) is 26.4 Å². The van der Waals surface area contributed by atoms with E-state index in [1.807, 2.05) is 0 Å². The molecule has 18 heteroatoms. The van der Waals surface area contributed by atoms with Crippen LogP contribution in [0.5, 0.6) is 0 Å². The van der Waals surface area contributed by atoms with Crippen LogP contribution in [0, 0.1) is 0 Å².